The van der Waals surface area contributed by atoms with E-state index in [1.807, 2.05) is 0 Å². The van der Waals surface area contributed by atoms with Crippen molar-refractivity contribution in [1.82, 2.24) is 4.98 Å². The van der Waals surface area contributed by atoms with Crippen LogP contribution in [0.5, 0.6) is 0 Å². The minimum atomic E-state index is -3.50. The number of rotatable bonds is 7. The standard InChI is InChI=1S/C11H19N3O4S2/c1-4-18-9(15)11(2,3)8-7-19-10(14-8)13-5-6-20(12,16)17/h7H,4-6H2,1-3H3,(H,13,14)(H2,12,16,17). The highest BCUT2D eigenvalue weighted by Crippen LogP contribution is 2.28. The van der Waals surface area contributed by atoms with E-state index in [4.69, 9.17) is 9.88 Å². The van der Waals surface area contributed by atoms with Gasteiger partial charge in [-0.05, 0) is 20.8 Å². The topological polar surface area (TPSA) is 111 Å². The monoisotopic (exact) mass is 321 g/mol. The summed E-state index contributed by atoms with van der Waals surface area (Å²) in [5, 5.41) is 10.1. The molecule has 3 N–H and O–H groups in total. The second-order valence-electron chi connectivity index (χ2n) is 4.68. The van der Waals surface area contributed by atoms with E-state index in [1.54, 1.807) is 26.2 Å². The highest BCUT2D eigenvalue weighted by molar-refractivity contribution is 7.89. The first kappa shape index (κ1) is 16.9. The quantitative estimate of drug-likeness (QED) is 0.715. The predicted octanol–water partition coefficient (Wildman–Crippen LogP) is 0.684. The summed E-state index contributed by atoms with van der Waals surface area (Å²) in [6.45, 7) is 5.69. The van der Waals surface area contributed by atoms with E-state index in [-0.39, 0.29) is 18.3 Å². The molecule has 0 radical (unpaired) electrons. The summed E-state index contributed by atoms with van der Waals surface area (Å²) in [5.41, 5.74) is -0.258. The summed E-state index contributed by atoms with van der Waals surface area (Å²) < 4.78 is 26.6. The minimum absolute atomic E-state index is 0.172. The van der Waals surface area contributed by atoms with Crippen LogP contribution in [0.25, 0.3) is 0 Å². The van der Waals surface area contributed by atoms with Gasteiger partial charge in [0.25, 0.3) is 0 Å². The molecule has 114 valence electrons. The maximum atomic E-state index is 11.8. The summed E-state index contributed by atoms with van der Waals surface area (Å²) in [6, 6.07) is 0. The molecule has 0 unspecified atom stereocenters. The number of sulfonamides is 1. The van der Waals surface area contributed by atoms with Gasteiger partial charge in [0.1, 0.15) is 5.41 Å². The van der Waals surface area contributed by atoms with Crippen LogP contribution in [0.3, 0.4) is 0 Å². The van der Waals surface area contributed by atoms with Gasteiger partial charge in [0.15, 0.2) is 5.13 Å². The van der Waals surface area contributed by atoms with Gasteiger partial charge in [-0.25, -0.2) is 18.5 Å². The lowest BCUT2D eigenvalue weighted by Gasteiger charge is -2.19. The Balaban J connectivity index is 2.69. The second kappa shape index (κ2) is 6.51. The van der Waals surface area contributed by atoms with Crippen LogP contribution in [0.15, 0.2) is 5.38 Å². The fourth-order valence-corrected chi connectivity index (χ4v) is 2.65. The molecule has 1 rings (SSSR count). The summed E-state index contributed by atoms with van der Waals surface area (Å²) in [4.78, 5) is 16.1. The molecular weight excluding hydrogens is 302 g/mol. The van der Waals surface area contributed by atoms with Crippen LogP contribution in [0, 0.1) is 0 Å². The fourth-order valence-electron chi connectivity index (χ4n) is 1.36. The van der Waals surface area contributed by atoms with Gasteiger partial charge in [-0.15, -0.1) is 11.3 Å². The third-order valence-electron chi connectivity index (χ3n) is 2.59. The van der Waals surface area contributed by atoms with Gasteiger partial charge >= 0.3 is 5.97 Å². The zero-order chi connectivity index (χ0) is 15.4. The van der Waals surface area contributed by atoms with Crippen LogP contribution in [0.4, 0.5) is 5.13 Å². The molecule has 1 heterocycles. The van der Waals surface area contributed by atoms with Crippen LogP contribution >= 0.6 is 11.3 Å². The number of hydrogen-bond donors (Lipinski definition) is 2. The van der Waals surface area contributed by atoms with E-state index >= 15 is 0 Å². The molecule has 0 amide bonds. The van der Waals surface area contributed by atoms with E-state index in [1.165, 1.54) is 11.3 Å². The van der Waals surface area contributed by atoms with Gasteiger partial charge in [0.2, 0.25) is 10.0 Å². The normalized spacial score (nSPS) is 12.2. The summed E-state index contributed by atoms with van der Waals surface area (Å²) in [6.07, 6.45) is 0. The van der Waals surface area contributed by atoms with E-state index in [0.717, 1.165) is 0 Å². The van der Waals surface area contributed by atoms with Gasteiger partial charge in [-0.2, -0.15) is 0 Å². The Morgan fingerprint density at radius 1 is 1.55 bits per heavy atom. The van der Waals surface area contributed by atoms with Crippen molar-refractivity contribution < 1.29 is 17.9 Å². The second-order valence-corrected chi connectivity index (χ2v) is 7.27. The largest absolute Gasteiger partial charge is 0.465 e. The highest BCUT2D eigenvalue weighted by Gasteiger charge is 2.33. The van der Waals surface area contributed by atoms with Crippen LogP contribution in [0.1, 0.15) is 26.5 Å². The first-order valence-corrected chi connectivity index (χ1v) is 8.64. The molecule has 0 saturated heterocycles. The Bertz CT molecular complexity index is 566. The van der Waals surface area contributed by atoms with E-state index in [2.05, 4.69) is 10.3 Å². The molecule has 9 heteroatoms. The van der Waals surface area contributed by atoms with Crippen molar-refractivity contribution in [3.8, 4) is 0 Å². The van der Waals surface area contributed by atoms with Crippen molar-refractivity contribution in [3.05, 3.63) is 11.1 Å². The number of aromatic nitrogens is 1. The van der Waals surface area contributed by atoms with Gasteiger partial charge in [0, 0.05) is 11.9 Å². The Morgan fingerprint density at radius 2 is 2.20 bits per heavy atom. The number of carbonyl (C=O) groups is 1. The first-order valence-electron chi connectivity index (χ1n) is 6.04. The van der Waals surface area contributed by atoms with Crippen LogP contribution in [0.2, 0.25) is 0 Å². The minimum Gasteiger partial charge on any atom is -0.465 e. The smallest absolute Gasteiger partial charge is 0.317 e. The van der Waals surface area contributed by atoms with Gasteiger partial charge in [-0.3, -0.25) is 4.79 Å². The Hall–Kier alpha value is -1.19. The molecule has 20 heavy (non-hydrogen) atoms. The number of anilines is 1. The number of carbonyl (C=O) groups excluding carboxylic acids is 1. The maximum Gasteiger partial charge on any atom is 0.317 e. The fraction of sp³-hybridized carbons (Fsp3) is 0.636. The van der Waals surface area contributed by atoms with Crippen molar-refractivity contribution in [1.29, 1.82) is 0 Å². The summed E-state index contributed by atoms with van der Waals surface area (Å²) >= 11 is 1.30. The molecule has 0 aliphatic heterocycles. The third kappa shape index (κ3) is 4.73. The zero-order valence-corrected chi connectivity index (χ0v) is 13.3. The molecule has 0 aliphatic carbocycles. The van der Waals surface area contributed by atoms with Crippen LogP contribution in [-0.2, 0) is 25.0 Å². The number of nitrogens with zero attached hydrogens (tertiary/aromatic N) is 1. The van der Waals surface area contributed by atoms with Crippen LogP contribution < -0.4 is 10.5 Å². The van der Waals surface area contributed by atoms with E-state index < -0.39 is 15.4 Å². The lowest BCUT2D eigenvalue weighted by Crippen LogP contribution is -2.31. The molecule has 0 fully saturated rings. The van der Waals surface area contributed by atoms with Crippen LogP contribution in [-0.4, -0.2) is 38.3 Å². The number of nitrogens with two attached hydrogens (primary N) is 1. The number of primary sulfonamides is 1. The SMILES string of the molecule is CCOC(=O)C(C)(C)c1csc(NCCS(N)(=O)=O)n1. The van der Waals surface area contributed by atoms with Crippen molar-refractivity contribution in [2.45, 2.75) is 26.2 Å². The lowest BCUT2D eigenvalue weighted by atomic mass is 9.90. The summed E-state index contributed by atoms with van der Waals surface area (Å²) in [5.74, 6) is -0.523. The van der Waals surface area contributed by atoms with Crippen molar-refractivity contribution in [3.63, 3.8) is 0 Å². The predicted molar refractivity (Wildman–Crippen MR) is 78.2 cm³/mol. The number of nitrogens with one attached hydrogen (secondary N) is 1. The first-order chi connectivity index (χ1) is 9.16. The lowest BCUT2D eigenvalue weighted by molar-refractivity contribution is -0.148. The van der Waals surface area contributed by atoms with Crippen molar-refractivity contribution in [2.24, 2.45) is 5.14 Å². The Morgan fingerprint density at radius 3 is 2.75 bits per heavy atom. The van der Waals surface area contributed by atoms with Crippen molar-refractivity contribution in [2.75, 3.05) is 24.2 Å². The molecule has 7 nitrogen and oxygen atoms in total. The number of ether oxygens (including phenoxy) is 1. The van der Waals surface area contributed by atoms with Gasteiger partial charge in [0.05, 0.1) is 18.1 Å². The molecule has 1 aromatic rings. The molecule has 0 aliphatic rings. The average molecular weight is 321 g/mol. The van der Waals surface area contributed by atoms with Crippen molar-refractivity contribution >= 4 is 32.5 Å². The molecule has 1 aromatic heterocycles. The maximum absolute atomic E-state index is 11.8. The third-order valence-corrected chi connectivity index (χ3v) is 4.17. The van der Waals surface area contributed by atoms with Gasteiger partial charge < -0.3 is 10.1 Å². The van der Waals surface area contributed by atoms with E-state index in [0.29, 0.717) is 17.4 Å². The highest BCUT2D eigenvalue weighted by atomic mass is 32.2. The molecule has 0 atom stereocenters. The number of thiazole rings is 1. The molecule has 0 aromatic carbocycles. The summed E-state index contributed by atoms with van der Waals surface area (Å²) in [7, 11) is -3.50. The molecule has 0 spiro atoms. The Kier molecular flexibility index (Phi) is 5.49. The van der Waals surface area contributed by atoms with Gasteiger partial charge in [-0.1, -0.05) is 0 Å². The zero-order valence-electron chi connectivity index (χ0n) is 11.7. The Labute approximate surface area is 122 Å². The molecule has 0 bridgehead atoms. The van der Waals surface area contributed by atoms with E-state index in [9.17, 15) is 13.2 Å². The average Bonchev–Trinajstić information content (AvgIpc) is 2.77. The number of esters is 1. The molecular formula is C11H19N3O4S2. The molecule has 0 saturated carbocycles. The number of hydrogen-bond acceptors (Lipinski definition) is 7.